The van der Waals surface area contributed by atoms with Crippen molar-refractivity contribution in [3.8, 4) is 5.75 Å². The van der Waals surface area contributed by atoms with Gasteiger partial charge in [0.2, 0.25) is 0 Å². The molecule has 88 valence electrons. The Labute approximate surface area is 94.9 Å². The lowest BCUT2D eigenvalue weighted by Crippen LogP contribution is -2.19. The van der Waals surface area contributed by atoms with Crippen molar-refractivity contribution < 1.29 is 15.0 Å². The van der Waals surface area contributed by atoms with Crippen LogP contribution in [0.25, 0.3) is 0 Å². The van der Waals surface area contributed by atoms with Crippen LogP contribution in [-0.2, 0) is 0 Å². The van der Waals surface area contributed by atoms with Crippen LogP contribution in [0.4, 0.5) is 5.69 Å². The summed E-state index contributed by atoms with van der Waals surface area (Å²) in [7, 11) is 0. The summed E-state index contributed by atoms with van der Waals surface area (Å²) in [4.78, 5) is 10.7. The highest BCUT2D eigenvalue weighted by molar-refractivity contribution is 5.91. The molecule has 0 bridgehead atoms. The van der Waals surface area contributed by atoms with E-state index in [1.165, 1.54) is 12.1 Å². The Morgan fingerprint density at radius 2 is 2.00 bits per heavy atom. The Bertz CT molecular complexity index is 394. The van der Waals surface area contributed by atoms with E-state index in [1.807, 2.05) is 0 Å². The number of aromatic hydroxyl groups is 1. The standard InChI is InChI=1S/C12H17NO3/c1-12(2,3)7-13-8-4-5-9(11(15)16)10(14)6-8/h4-6,13-14H,7H2,1-3H3,(H,15,16). The molecule has 0 spiro atoms. The molecule has 0 fully saturated rings. The van der Waals surface area contributed by atoms with Gasteiger partial charge >= 0.3 is 5.97 Å². The Morgan fingerprint density at radius 3 is 2.44 bits per heavy atom. The zero-order valence-electron chi connectivity index (χ0n) is 9.74. The fourth-order valence-electron chi connectivity index (χ4n) is 1.19. The average Bonchev–Trinajstić information content (AvgIpc) is 2.13. The number of rotatable bonds is 3. The van der Waals surface area contributed by atoms with Crippen LogP contribution in [-0.4, -0.2) is 22.7 Å². The highest BCUT2D eigenvalue weighted by Gasteiger charge is 2.12. The van der Waals surface area contributed by atoms with Gasteiger partial charge in [0.05, 0.1) is 0 Å². The lowest BCUT2D eigenvalue weighted by Gasteiger charge is -2.19. The molecule has 0 atom stereocenters. The summed E-state index contributed by atoms with van der Waals surface area (Å²) in [6.45, 7) is 7.02. The maximum Gasteiger partial charge on any atom is 0.339 e. The third kappa shape index (κ3) is 3.46. The number of aromatic carboxylic acids is 1. The van der Waals surface area contributed by atoms with Crippen LogP contribution in [0.15, 0.2) is 18.2 Å². The molecule has 3 N–H and O–H groups in total. The van der Waals surface area contributed by atoms with Crippen LogP contribution in [0.2, 0.25) is 0 Å². The van der Waals surface area contributed by atoms with Crippen LogP contribution >= 0.6 is 0 Å². The second kappa shape index (κ2) is 4.43. The zero-order valence-corrected chi connectivity index (χ0v) is 9.74. The van der Waals surface area contributed by atoms with E-state index in [2.05, 4.69) is 26.1 Å². The highest BCUT2D eigenvalue weighted by atomic mass is 16.4. The van der Waals surface area contributed by atoms with Gasteiger partial charge in [0, 0.05) is 18.3 Å². The smallest absolute Gasteiger partial charge is 0.339 e. The molecule has 0 radical (unpaired) electrons. The Morgan fingerprint density at radius 1 is 1.38 bits per heavy atom. The van der Waals surface area contributed by atoms with Crippen LogP contribution in [0.1, 0.15) is 31.1 Å². The van der Waals surface area contributed by atoms with Gasteiger partial charge < -0.3 is 15.5 Å². The predicted molar refractivity (Wildman–Crippen MR) is 63.0 cm³/mol. The second-order valence-electron chi connectivity index (χ2n) is 4.95. The van der Waals surface area contributed by atoms with Gasteiger partial charge in [0.25, 0.3) is 0 Å². The summed E-state index contributed by atoms with van der Waals surface area (Å²) in [5.74, 6) is -1.34. The van der Waals surface area contributed by atoms with E-state index in [9.17, 15) is 9.90 Å². The molecule has 0 heterocycles. The van der Waals surface area contributed by atoms with E-state index < -0.39 is 5.97 Å². The third-order valence-corrected chi connectivity index (χ3v) is 2.05. The monoisotopic (exact) mass is 223 g/mol. The molecule has 1 aromatic carbocycles. The van der Waals surface area contributed by atoms with E-state index in [1.54, 1.807) is 6.07 Å². The maximum absolute atomic E-state index is 10.7. The molecule has 0 saturated carbocycles. The summed E-state index contributed by atoms with van der Waals surface area (Å²) in [6, 6.07) is 4.47. The van der Waals surface area contributed by atoms with Gasteiger partial charge in [-0.1, -0.05) is 20.8 Å². The lowest BCUT2D eigenvalue weighted by atomic mass is 9.97. The fourth-order valence-corrected chi connectivity index (χ4v) is 1.19. The normalized spacial score (nSPS) is 11.2. The lowest BCUT2D eigenvalue weighted by molar-refractivity contribution is 0.0694. The van der Waals surface area contributed by atoms with Gasteiger partial charge in [-0.05, 0) is 17.5 Å². The first-order valence-electron chi connectivity index (χ1n) is 5.10. The van der Waals surface area contributed by atoms with E-state index in [0.29, 0.717) is 0 Å². The number of carboxylic acids is 1. The van der Waals surface area contributed by atoms with Crippen molar-refractivity contribution in [2.45, 2.75) is 20.8 Å². The Kier molecular flexibility index (Phi) is 3.42. The van der Waals surface area contributed by atoms with Gasteiger partial charge in [-0.2, -0.15) is 0 Å². The van der Waals surface area contributed by atoms with Crippen molar-refractivity contribution in [3.63, 3.8) is 0 Å². The molecular weight excluding hydrogens is 206 g/mol. The number of hydrogen-bond donors (Lipinski definition) is 3. The number of carboxylic acid groups (broad SMARTS) is 1. The number of carbonyl (C=O) groups is 1. The molecule has 1 aromatic rings. The van der Waals surface area contributed by atoms with Crippen molar-refractivity contribution in [1.29, 1.82) is 0 Å². The minimum Gasteiger partial charge on any atom is -0.507 e. The number of anilines is 1. The molecule has 0 aromatic heterocycles. The first-order valence-corrected chi connectivity index (χ1v) is 5.10. The topological polar surface area (TPSA) is 69.6 Å². The molecule has 0 aliphatic carbocycles. The Hall–Kier alpha value is -1.71. The quantitative estimate of drug-likeness (QED) is 0.736. The van der Waals surface area contributed by atoms with Gasteiger partial charge in [-0.3, -0.25) is 0 Å². The van der Waals surface area contributed by atoms with Crippen molar-refractivity contribution in [2.75, 3.05) is 11.9 Å². The summed E-state index contributed by atoms with van der Waals surface area (Å²) in [6.07, 6.45) is 0. The van der Waals surface area contributed by atoms with Crippen molar-refractivity contribution >= 4 is 11.7 Å². The molecule has 0 aliphatic heterocycles. The average molecular weight is 223 g/mol. The SMILES string of the molecule is CC(C)(C)CNc1ccc(C(=O)O)c(O)c1. The van der Waals surface area contributed by atoms with E-state index >= 15 is 0 Å². The summed E-state index contributed by atoms with van der Waals surface area (Å²) < 4.78 is 0. The van der Waals surface area contributed by atoms with Gasteiger partial charge in [0.15, 0.2) is 0 Å². The molecule has 0 unspecified atom stereocenters. The molecular formula is C12H17NO3. The van der Waals surface area contributed by atoms with Crippen molar-refractivity contribution in [3.05, 3.63) is 23.8 Å². The number of phenols is 1. The van der Waals surface area contributed by atoms with Gasteiger partial charge in [0.1, 0.15) is 11.3 Å². The van der Waals surface area contributed by atoms with Crippen molar-refractivity contribution in [1.82, 2.24) is 0 Å². The van der Waals surface area contributed by atoms with E-state index in [4.69, 9.17) is 5.11 Å². The van der Waals surface area contributed by atoms with Gasteiger partial charge in [-0.25, -0.2) is 4.79 Å². The minimum absolute atomic E-state index is 0.0821. The molecule has 4 nitrogen and oxygen atoms in total. The number of benzene rings is 1. The van der Waals surface area contributed by atoms with Crippen LogP contribution in [0.5, 0.6) is 5.75 Å². The third-order valence-electron chi connectivity index (χ3n) is 2.05. The highest BCUT2D eigenvalue weighted by Crippen LogP contribution is 2.23. The molecule has 0 amide bonds. The van der Waals surface area contributed by atoms with Crippen LogP contribution < -0.4 is 5.32 Å². The number of nitrogens with one attached hydrogen (secondary N) is 1. The first kappa shape index (κ1) is 12.4. The van der Waals surface area contributed by atoms with Crippen molar-refractivity contribution in [2.24, 2.45) is 5.41 Å². The second-order valence-corrected chi connectivity index (χ2v) is 4.95. The largest absolute Gasteiger partial charge is 0.507 e. The first-order chi connectivity index (χ1) is 7.29. The van der Waals surface area contributed by atoms with Crippen LogP contribution in [0.3, 0.4) is 0 Å². The molecule has 16 heavy (non-hydrogen) atoms. The van der Waals surface area contributed by atoms with Gasteiger partial charge in [-0.15, -0.1) is 0 Å². The molecule has 4 heteroatoms. The summed E-state index contributed by atoms with van der Waals surface area (Å²) in [5, 5.41) is 21.3. The van der Waals surface area contributed by atoms with Crippen LogP contribution in [0, 0.1) is 5.41 Å². The molecule has 0 saturated heterocycles. The minimum atomic E-state index is -1.13. The molecule has 0 aliphatic rings. The van der Waals surface area contributed by atoms with E-state index in [-0.39, 0.29) is 16.7 Å². The predicted octanol–water partition coefficient (Wildman–Crippen LogP) is 2.55. The summed E-state index contributed by atoms with van der Waals surface area (Å²) >= 11 is 0. The van der Waals surface area contributed by atoms with E-state index in [0.717, 1.165) is 12.2 Å². The fraction of sp³-hybridized carbons (Fsp3) is 0.417. The zero-order chi connectivity index (χ0) is 12.3. The maximum atomic E-state index is 10.7. The Balaban J connectivity index is 2.78. The molecule has 1 rings (SSSR count). The number of hydrogen-bond acceptors (Lipinski definition) is 3. The summed E-state index contributed by atoms with van der Waals surface area (Å²) in [5.41, 5.74) is 0.764.